The molecule has 2 aromatic rings. The third-order valence-electron chi connectivity index (χ3n) is 12.5. The van der Waals surface area contributed by atoms with E-state index in [1.165, 1.54) is 11.3 Å². The molecule has 0 saturated heterocycles. The number of hydrogen-bond donors (Lipinski definition) is 3. The minimum absolute atomic E-state index is 0.0504. The Morgan fingerprint density at radius 1 is 1.14 bits per heavy atom. The Bertz CT molecular complexity index is 1560. The van der Waals surface area contributed by atoms with Crippen molar-refractivity contribution in [1.29, 1.82) is 0 Å². The van der Waals surface area contributed by atoms with E-state index in [0.717, 1.165) is 30.7 Å². The lowest BCUT2D eigenvalue weighted by Gasteiger charge is -2.39. The molecule has 0 aromatic carbocycles. The number of nitrogens with zero attached hydrogens (tertiary/aromatic N) is 6. The molecule has 14 heteroatoms. The number of carboxylic acid groups (broad SMARTS) is 1. The van der Waals surface area contributed by atoms with Gasteiger partial charge in [-0.2, -0.15) is 0 Å². The predicted octanol–water partition coefficient (Wildman–Crippen LogP) is 3.73. The van der Waals surface area contributed by atoms with Crippen molar-refractivity contribution in [2.75, 3.05) is 21.1 Å². The zero-order chi connectivity index (χ0) is 36.3. The van der Waals surface area contributed by atoms with Gasteiger partial charge in [-0.25, -0.2) is 9.67 Å². The van der Waals surface area contributed by atoms with Crippen LogP contribution in [0.4, 0.5) is 0 Å². The zero-order valence-electron chi connectivity index (χ0n) is 30.6. The summed E-state index contributed by atoms with van der Waals surface area (Å²) in [5.74, 6) is -1.69. The third-order valence-corrected chi connectivity index (χ3v) is 13.6. The Morgan fingerprint density at radius 3 is 2.31 bits per heavy atom. The van der Waals surface area contributed by atoms with Crippen molar-refractivity contribution in [2.24, 2.45) is 23.7 Å². The molecule has 0 bridgehead atoms. The molecule has 3 amide bonds. The standard InChI is InChI=1S/C35H54N8O5S/c1-11-20(2)26(38-30(48)32(6,7)41(8)9)28(45)42(10)35(22(4)23(35)5)19-33(12-13-33)31-37-24(18-49-31)27(44)39-34(16-21(3)29(46)47)17-25(34)43-15-14-36-40-43/h14-15,18,20-23,25-26H,11-13,16-17,19H2,1-10H3,(H,38,48)(H,39,44)(H,46,47)/t20?,21?,22?,23?,25?,26-,34?,35?/m0/s1. The number of carbonyl (C=O) groups is 4. The topological polar surface area (TPSA) is 163 Å². The molecule has 0 spiro atoms. The van der Waals surface area contributed by atoms with Crippen molar-refractivity contribution in [1.82, 2.24) is 40.4 Å². The lowest BCUT2D eigenvalue weighted by Crippen LogP contribution is -2.60. The molecule has 7 atom stereocenters. The summed E-state index contributed by atoms with van der Waals surface area (Å²) < 4.78 is 1.68. The SMILES string of the molecule is CCC(C)[C@H](NC(=O)C(C)(C)N(C)C)C(=O)N(C)C1(CC2(c3nc(C(=O)NC4(CC(C)C(=O)O)CC4n4ccnn4)cs3)CC2)C(C)C1C. The average Bonchev–Trinajstić information content (AvgIpc) is 3.91. The number of amides is 3. The van der Waals surface area contributed by atoms with Crippen LogP contribution in [-0.2, 0) is 19.8 Å². The first-order valence-corrected chi connectivity index (χ1v) is 18.4. The van der Waals surface area contributed by atoms with Gasteiger partial charge < -0.3 is 20.6 Å². The van der Waals surface area contributed by atoms with Crippen LogP contribution < -0.4 is 10.6 Å². The van der Waals surface area contributed by atoms with Crippen LogP contribution in [0.5, 0.6) is 0 Å². The van der Waals surface area contributed by atoms with Gasteiger partial charge in [-0.05, 0) is 77.8 Å². The van der Waals surface area contributed by atoms with E-state index in [2.05, 4.69) is 34.8 Å². The summed E-state index contributed by atoms with van der Waals surface area (Å²) in [6.07, 6.45) is 7.44. The normalized spacial score (nSPS) is 28.7. The molecule has 3 N–H and O–H groups in total. The lowest BCUT2D eigenvalue weighted by atomic mass is 9.90. The Morgan fingerprint density at radius 2 is 1.80 bits per heavy atom. The number of likely N-dealkylation sites (N-methyl/N-ethyl adjacent to an activating group) is 2. The molecule has 0 aliphatic heterocycles. The van der Waals surface area contributed by atoms with E-state index in [1.807, 2.05) is 58.6 Å². The second-order valence-electron chi connectivity index (χ2n) is 15.9. The maximum absolute atomic E-state index is 14.3. The molecule has 2 heterocycles. The molecule has 3 aliphatic rings. The third kappa shape index (κ3) is 6.62. The van der Waals surface area contributed by atoms with Crippen molar-refractivity contribution >= 4 is 35.0 Å². The molecule has 270 valence electrons. The maximum Gasteiger partial charge on any atom is 0.306 e. The van der Waals surface area contributed by atoms with E-state index in [4.69, 9.17) is 4.98 Å². The largest absolute Gasteiger partial charge is 0.481 e. The molecule has 3 saturated carbocycles. The number of carbonyl (C=O) groups excluding carboxylic acids is 3. The number of carboxylic acids is 1. The summed E-state index contributed by atoms with van der Waals surface area (Å²) >= 11 is 1.47. The Hall–Kier alpha value is -3.39. The first-order valence-electron chi connectivity index (χ1n) is 17.5. The minimum atomic E-state index is -0.916. The molecule has 2 aromatic heterocycles. The highest BCUT2D eigenvalue weighted by atomic mass is 32.1. The fraction of sp³-hybridized carbons (Fsp3) is 0.743. The molecule has 5 rings (SSSR count). The summed E-state index contributed by atoms with van der Waals surface area (Å²) in [4.78, 5) is 61.7. The van der Waals surface area contributed by atoms with Gasteiger partial charge in [0, 0.05) is 29.6 Å². The predicted molar refractivity (Wildman–Crippen MR) is 186 cm³/mol. The van der Waals surface area contributed by atoms with Gasteiger partial charge in [0.1, 0.15) is 11.7 Å². The van der Waals surface area contributed by atoms with Gasteiger partial charge in [0.15, 0.2) is 0 Å². The first kappa shape index (κ1) is 36.9. The van der Waals surface area contributed by atoms with Crippen LogP contribution in [0.3, 0.4) is 0 Å². The summed E-state index contributed by atoms with van der Waals surface area (Å²) in [5.41, 5.74) is -1.85. The van der Waals surface area contributed by atoms with Crippen LogP contribution in [0.2, 0.25) is 0 Å². The molecule has 3 fully saturated rings. The fourth-order valence-corrected chi connectivity index (χ4v) is 8.70. The highest BCUT2D eigenvalue weighted by Crippen LogP contribution is 2.65. The van der Waals surface area contributed by atoms with E-state index in [-0.39, 0.29) is 53.4 Å². The van der Waals surface area contributed by atoms with Gasteiger partial charge in [-0.1, -0.05) is 46.3 Å². The average molecular weight is 699 g/mol. The Balaban J connectivity index is 1.33. The Kier molecular flexibility index (Phi) is 9.83. The van der Waals surface area contributed by atoms with E-state index in [9.17, 15) is 24.3 Å². The van der Waals surface area contributed by atoms with Gasteiger partial charge in [-0.15, -0.1) is 16.4 Å². The number of nitrogens with one attached hydrogen (secondary N) is 2. The summed E-state index contributed by atoms with van der Waals surface area (Å²) in [6.45, 7) is 13.8. The number of rotatable bonds is 16. The van der Waals surface area contributed by atoms with Crippen molar-refractivity contribution < 1.29 is 24.3 Å². The summed E-state index contributed by atoms with van der Waals surface area (Å²) in [6, 6.07) is -0.832. The van der Waals surface area contributed by atoms with Gasteiger partial charge in [0.25, 0.3) is 5.91 Å². The van der Waals surface area contributed by atoms with Crippen LogP contribution in [0.1, 0.15) is 109 Å². The van der Waals surface area contributed by atoms with Crippen molar-refractivity contribution in [2.45, 2.75) is 121 Å². The van der Waals surface area contributed by atoms with Gasteiger partial charge in [0.2, 0.25) is 11.8 Å². The van der Waals surface area contributed by atoms with Crippen molar-refractivity contribution in [3.8, 4) is 0 Å². The molecule has 49 heavy (non-hydrogen) atoms. The molecule has 6 unspecified atom stereocenters. The van der Waals surface area contributed by atoms with Gasteiger partial charge in [0.05, 0.1) is 34.2 Å². The maximum atomic E-state index is 14.3. The molecule has 13 nitrogen and oxygen atoms in total. The van der Waals surface area contributed by atoms with E-state index in [0.29, 0.717) is 12.1 Å². The number of aliphatic carboxylic acids is 1. The van der Waals surface area contributed by atoms with Gasteiger partial charge >= 0.3 is 5.97 Å². The number of aromatic nitrogens is 4. The second-order valence-corrected chi connectivity index (χ2v) is 16.8. The van der Waals surface area contributed by atoms with Crippen molar-refractivity contribution in [3.05, 3.63) is 28.5 Å². The second kappa shape index (κ2) is 13.1. The number of hydrogen-bond acceptors (Lipinski definition) is 9. The molecule has 0 radical (unpaired) electrons. The highest BCUT2D eigenvalue weighted by Gasteiger charge is 2.68. The van der Waals surface area contributed by atoms with Crippen molar-refractivity contribution in [3.63, 3.8) is 0 Å². The summed E-state index contributed by atoms with van der Waals surface area (Å²) in [7, 11) is 5.60. The number of thiazole rings is 1. The van der Waals surface area contributed by atoms with Crippen LogP contribution in [0, 0.1) is 23.7 Å². The van der Waals surface area contributed by atoms with E-state index >= 15 is 0 Å². The first-order chi connectivity index (χ1) is 22.9. The minimum Gasteiger partial charge on any atom is -0.481 e. The smallest absolute Gasteiger partial charge is 0.306 e. The fourth-order valence-electron chi connectivity index (χ4n) is 7.64. The van der Waals surface area contributed by atoms with Crippen LogP contribution in [0.25, 0.3) is 0 Å². The molecule has 3 aliphatic carbocycles. The van der Waals surface area contributed by atoms with Crippen LogP contribution in [0.15, 0.2) is 17.8 Å². The molecular formula is C35H54N8O5S. The summed E-state index contributed by atoms with van der Waals surface area (Å²) in [5, 5.41) is 26.5. The van der Waals surface area contributed by atoms with Crippen LogP contribution >= 0.6 is 11.3 Å². The monoisotopic (exact) mass is 698 g/mol. The quantitative estimate of drug-likeness (QED) is 0.237. The lowest BCUT2D eigenvalue weighted by molar-refractivity contribution is -0.142. The van der Waals surface area contributed by atoms with Crippen LogP contribution in [-0.4, -0.2) is 102 Å². The molecular weight excluding hydrogens is 645 g/mol. The van der Waals surface area contributed by atoms with E-state index in [1.54, 1.807) is 29.4 Å². The van der Waals surface area contributed by atoms with Gasteiger partial charge in [-0.3, -0.25) is 24.1 Å². The Labute approximate surface area is 293 Å². The highest BCUT2D eigenvalue weighted by molar-refractivity contribution is 7.10. The zero-order valence-corrected chi connectivity index (χ0v) is 31.4. The van der Waals surface area contributed by atoms with E-state index < -0.39 is 34.5 Å².